The van der Waals surface area contributed by atoms with E-state index in [9.17, 15) is 0 Å². The Morgan fingerprint density at radius 1 is 1.33 bits per heavy atom. The molecule has 2 unspecified atom stereocenters. The Kier molecular flexibility index (Phi) is 4.60. The van der Waals surface area contributed by atoms with E-state index in [-0.39, 0.29) is 5.54 Å². The molecule has 1 aliphatic heterocycles. The van der Waals surface area contributed by atoms with Gasteiger partial charge in [-0.15, -0.1) is 0 Å². The van der Waals surface area contributed by atoms with Crippen LogP contribution in [0, 0.1) is 5.92 Å². The topological polar surface area (TPSA) is 15.3 Å². The van der Waals surface area contributed by atoms with Gasteiger partial charge in [-0.2, -0.15) is 0 Å². The van der Waals surface area contributed by atoms with Crippen LogP contribution in [0.1, 0.15) is 47.5 Å². The molecular weight excluding hydrogens is 184 g/mol. The lowest BCUT2D eigenvalue weighted by Crippen LogP contribution is -2.53. The minimum Gasteiger partial charge on any atom is -0.311 e. The fourth-order valence-electron chi connectivity index (χ4n) is 2.73. The summed E-state index contributed by atoms with van der Waals surface area (Å²) in [5.74, 6) is 0.915. The molecule has 1 N–H and O–H groups in total. The van der Waals surface area contributed by atoms with Gasteiger partial charge in [0.2, 0.25) is 0 Å². The van der Waals surface area contributed by atoms with E-state index in [1.165, 1.54) is 25.9 Å². The van der Waals surface area contributed by atoms with Crippen molar-refractivity contribution in [2.75, 3.05) is 19.6 Å². The molecule has 0 aromatic heterocycles. The van der Waals surface area contributed by atoms with E-state index in [4.69, 9.17) is 0 Å². The second-order valence-corrected chi connectivity index (χ2v) is 5.86. The predicted octanol–water partition coefficient (Wildman–Crippen LogP) is 2.49. The van der Waals surface area contributed by atoms with Crippen LogP contribution in [0.2, 0.25) is 0 Å². The van der Waals surface area contributed by atoms with E-state index in [1.54, 1.807) is 0 Å². The molecule has 15 heavy (non-hydrogen) atoms. The zero-order chi connectivity index (χ0) is 11.5. The van der Waals surface area contributed by atoms with Gasteiger partial charge in [-0.05, 0) is 52.6 Å². The third kappa shape index (κ3) is 4.12. The lowest BCUT2D eigenvalue weighted by molar-refractivity contribution is 0.0986. The average molecular weight is 212 g/mol. The van der Waals surface area contributed by atoms with Crippen molar-refractivity contribution in [2.24, 2.45) is 5.92 Å². The van der Waals surface area contributed by atoms with Crippen molar-refractivity contribution in [2.45, 2.75) is 59.0 Å². The molecule has 1 aliphatic rings. The van der Waals surface area contributed by atoms with Crippen LogP contribution in [0.3, 0.4) is 0 Å². The Bertz CT molecular complexity index is 189. The van der Waals surface area contributed by atoms with E-state index in [2.05, 4.69) is 44.8 Å². The summed E-state index contributed by atoms with van der Waals surface area (Å²) in [6.07, 6.45) is 2.73. The molecule has 1 fully saturated rings. The molecule has 0 aliphatic carbocycles. The van der Waals surface area contributed by atoms with Gasteiger partial charge in [0.1, 0.15) is 0 Å². The third-order valence-corrected chi connectivity index (χ3v) is 3.53. The molecule has 1 rings (SSSR count). The van der Waals surface area contributed by atoms with E-state index < -0.39 is 0 Å². The quantitative estimate of drug-likeness (QED) is 0.770. The van der Waals surface area contributed by atoms with Crippen LogP contribution in [0.15, 0.2) is 0 Å². The number of rotatable bonds is 4. The summed E-state index contributed by atoms with van der Waals surface area (Å²) in [4.78, 5) is 2.64. The minimum absolute atomic E-state index is 0.254. The van der Waals surface area contributed by atoms with E-state index in [0.717, 1.165) is 18.5 Å². The van der Waals surface area contributed by atoms with Crippen molar-refractivity contribution in [3.8, 4) is 0 Å². The summed E-state index contributed by atoms with van der Waals surface area (Å²) in [5, 5.41) is 3.56. The van der Waals surface area contributed by atoms with Gasteiger partial charge in [0.05, 0.1) is 0 Å². The Morgan fingerprint density at radius 3 is 2.53 bits per heavy atom. The van der Waals surface area contributed by atoms with Crippen molar-refractivity contribution >= 4 is 0 Å². The molecule has 0 amide bonds. The zero-order valence-corrected chi connectivity index (χ0v) is 11.1. The predicted molar refractivity (Wildman–Crippen MR) is 67.2 cm³/mol. The Labute approximate surface area is 95.4 Å². The first-order chi connectivity index (χ1) is 6.94. The third-order valence-electron chi connectivity index (χ3n) is 3.53. The maximum Gasteiger partial charge on any atom is 0.0252 e. The van der Waals surface area contributed by atoms with Gasteiger partial charge in [-0.1, -0.05) is 13.8 Å². The largest absolute Gasteiger partial charge is 0.311 e. The molecule has 2 heteroatoms. The summed E-state index contributed by atoms with van der Waals surface area (Å²) < 4.78 is 0. The highest BCUT2D eigenvalue weighted by Crippen LogP contribution is 2.23. The first-order valence-electron chi connectivity index (χ1n) is 6.43. The number of hydrogen-bond donors (Lipinski definition) is 1. The molecule has 0 spiro atoms. The van der Waals surface area contributed by atoms with E-state index in [0.29, 0.717) is 0 Å². The van der Waals surface area contributed by atoms with Gasteiger partial charge < -0.3 is 5.32 Å². The standard InChI is InChI=1S/C13H28N2/c1-6-14-13(4,5)10-15-8-7-11(2)9-12(15)3/h11-12,14H,6-10H2,1-5H3. The molecule has 0 aromatic carbocycles. The molecule has 2 nitrogen and oxygen atoms in total. The first kappa shape index (κ1) is 13.0. The van der Waals surface area contributed by atoms with Gasteiger partial charge in [-0.3, -0.25) is 4.90 Å². The zero-order valence-electron chi connectivity index (χ0n) is 11.1. The number of likely N-dealkylation sites (N-methyl/N-ethyl adjacent to an activating group) is 1. The molecule has 2 atom stereocenters. The highest BCUT2D eigenvalue weighted by atomic mass is 15.2. The number of nitrogens with one attached hydrogen (secondary N) is 1. The smallest absolute Gasteiger partial charge is 0.0252 e. The maximum atomic E-state index is 3.56. The summed E-state index contributed by atoms with van der Waals surface area (Å²) in [7, 11) is 0. The van der Waals surface area contributed by atoms with Crippen molar-refractivity contribution < 1.29 is 0 Å². The fourth-order valence-corrected chi connectivity index (χ4v) is 2.73. The van der Waals surface area contributed by atoms with Crippen molar-refractivity contribution in [3.63, 3.8) is 0 Å². The van der Waals surface area contributed by atoms with Gasteiger partial charge in [0, 0.05) is 18.1 Å². The van der Waals surface area contributed by atoms with Gasteiger partial charge in [0.15, 0.2) is 0 Å². The Hall–Kier alpha value is -0.0800. The van der Waals surface area contributed by atoms with Crippen LogP contribution in [-0.4, -0.2) is 36.1 Å². The van der Waals surface area contributed by atoms with Gasteiger partial charge in [-0.25, -0.2) is 0 Å². The highest BCUT2D eigenvalue weighted by molar-refractivity contribution is 4.86. The van der Waals surface area contributed by atoms with Crippen LogP contribution in [0.4, 0.5) is 0 Å². The normalized spacial score (nSPS) is 29.4. The highest BCUT2D eigenvalue weighted by Gasteiger charge is 2.27. The number of nitrogens with zero attached hydrogens (tertiary/aromatic N) is 1. The maximum absolute atomic E-state index is 3.56. The molecule has 0 saturated carbocycles. The summed E-state index contributed by atoms with van der Waals surface area (Å²) in [5.41, 5.74) is 0.254. The van der Waals surface area contributed by atoms with Crippen LogP contribution in [0.25, 0.3) is 0 Å². The first-order valence-corrected chi connectivity index (χ1v) is 6.43. The SMILES string of the molecule is CCNC(C)(C)CN1CCC(C)CC1C. The second kappa shape index (κ2) is 5.31. The summed E-state index contributed by atoms with van der Waals surface area (Å²) in [6, 6.07) is 0.756. The molecule has 90 valence electrons. The second-order valence-electron chi connectivity index (χ2n) is 5.86. The Balaban J connectivity index is 2.43. The van der Waals surface area contributed by atoms with Crippen molar-refractivity contribution in [1.82, 2.24) is 10.2 Å². The number of hydrogen-bond acceptors (Lipinski definition) is 2. The van der Waals surface area contributed by atoms with Crippen molar-refractivity contribution in [3.05, 3.63) is 0 Å². The van der Waals surface area contributed by atoms with Crippen LogP contribution in [-0.2, 0) is 0 Å². The molecular formula is C13H28N2. The van der Waals surface area contributed by atoms with Crippen LogP contribution in [0.5, 0.6) is 0 Å². The lowest BCUT2D eigenvalue weighted by Gasteiger charge is -2.41. The minimum atomic E-state index is 0.254. The van der Waals surface area contributed by atoms with Crippen molar-refractivity contribution in [1.29, 1.82) is 0 Å². The number of piperidine rings is 1. The van der Waals surface area contributed by atoms with E-state index >= 15 is 0 Å². The lowest BCUT2D eigenvalue weighted by atomic mass is 9.91. The molecule has 0 aromatic rings. The number of likely N-dealkylation sites (tertiary alicyclic amines) is 1. The molecule has 1 saturated heterocycles. The molecule has 1 heterocycles. The van der Waals surface area contributed by atoms with Crippen LogP contribution < -0.4 is 5.32 Å². The van der Waals surface area contributed by atoms with Crippen LogP contribution >= 0.6 is 0 Å². The van der Waals surface area contributed by atoms with E-state index in [1.807, 2.05) is 0 Å². The van der Waals surface area contributed by atoms with Gasteiger partial charge >= 0.3 is 0 Å². The Morgan fingerprint density at radius 2 is 2.00 bits per heavy atom. The summed E-state index contributed by atoms with van der Waals surface area (Å²) >= 11 is 0. The average Bonchev–Trinajstić information content (AvgIpc) is 2.09. The molecule has 0 radical (unpaired) electrons. The monoisotopic (exact) mass is 212 g/mol. The van der Waals surface area contributed by atoms with Gasteiger partial charge in [0.25, 0.3) is 0 Å². The summed E-state index contributed by atoms with van der Waals surface area (Å²) in [6.45, 7) is 15.1. The fraction of sp³-hybridized carbons (Fsp3) is 1.00. The molecule has 0 bridgehead atoms.